The van der Waals surface area contributed by atoms with Crippen LogP contribution in [-0.4, -0.2) is 35.0 Å². The molecule has 0 saturated heterocycles. The van der Waals surface area contributed by atoms with E-state index in [9.17, 15) is 14.7 Å². The van der Waals surface area contributed by atoms with Gasteiger partial charge < -0.3 is 9.84 Å². The Bertz CT molecular complexity index is 435. The first-order chi connectivity index (χ1) is 7.43. The van der Waals surface area contributed by atoms with Crippen LogP contribution in [-0.2, 0) is 14.3 Å². The first kappa shape index (κ1) is 11.7. The van der Waals surface area contributed by atoms with Crippen molar-refractivity contribution in [1.82, 2.24) is 0 Å². The summed E-state index contributed by atoms with van der Waals surface area (Å²) in [7, 11) is 0. The summed E-state index contributed by atoms with van der Waals surface area (Å²) in [5.41, 5.74) is 0.449. The summed E-state index contributed by atoms with van der Waals surface area (Å²) in [4.78, 5) is 23.6. The van der Waals surface area contributed by atoms with Crippen molar-refractivity contribution in [2.24, 2.45) is 0 Å². The molecule has 3 atom stereocenters. The van der Waals surface area contributed by atoms with Gasteiger partial charge in [-0.05, 0) is 29.8 Å². The second-order valence-electron chi connectivity index (χ2n) is 3.94. The van der Waals surface area contributed by atoms with Crippen LogP contribution in [0.5, 0.6) is 0 Å². The van der Waals surface area contributed by atoms with E-state index in [0.717, 1.165) is 0 Å². The Hall–Kier alpha value is -0.780. The van der Waals surface area contributed by atoms with Gasteiger partial charge in [-0.2, -0.15) is 0 Å². The van der Waals surface area contributed by atoms with Gasteiger partial charge in [0.05, 0.1) is 16.7 Å². The second kappa shape index (κ2) is 3.91. The van der Waals surface area contributed by atoms with Gasteiger partial charge in [0.1, 0.15) is 6.10 Å². The van der Waals surface area contributed by atoms with Crippen LogP contribution >= 0.6 is 15.9 Å². The fourth-order valence-corrected chi connectivity index (χ4v) is 2.47. The third-order valence-corrected chi connectivity index (χ3v) is 3.43. The zero-order valence-corrected chi connectivity index (χ0v) is 10.4. The summed E-state index contributed by atoms with van der Waals surface area (Å²) < 4.78 is 5.62. The topological polar surface area (TPSA) is 63.6 Å². The highest BCUT2D eigenvalue weighted by atomic mass is 79.9. The predicted octanol–water partition coefficient (Wildman–Crippen LogP) is 0.882. The molecule has 0 aromatic heterocycles. The molecule has 1 aliphatic heterocycles. The highest BCUT2D eigenvalue weighted by Gasteiger charge is 2.41. The van der Waals surface area contributed by atoms with Gasteiger partial charge >= 0.3 is 0 Å². The van der Waals surface area contributed by atoms with Gasteiger partial charge in [-0.15, -0.1) is 0 Å². The summed E-state index contributed by atoms with van der Waals surface area (Å²) in [5, 5.41) is 9.86. The van der Waals surface area contributed by atoms with Crippen LogP contribution in [0.1, 0.15) is 13.8 Å². The number of Topliss-reactive ketones (excluding diaryl/α,β-unsaturated/α-hetero) is 1. The zero-order chi connectivity index (χ0) is 12.0. The third-order valence-electron chi connectivity index (χ3n) is 2.84. The Balaban J connectivity index is 2.56. The van der Waals surface area contributed by atoms with E-state index in [1.807, 2.05) is 0 Å². The largest absolute Gasteiger partial charge is 0.386 e. The molecule has 0 fully saturated rings. The molecule has 0 aromatic carbocycles. The Morgan fingerprint density at radius 3 is 2.56 bits per heavy atom. The molecule has 1 heterocycles. The quantitative estimate of drug-likeness (QED) is 0.672. The van der Waals surface area contributed by atoms with Gasteiger partial charge in [0, 0.05) is 17.2 Å². The van der Waals surface area contributed by atoms with Gasteiger partial charge in [-0.1, -0.05) is 0 Å². The number of allylic oxidation sites excluding steroid dienone is 2. The van der Waals surface area contributed by atoms with Gasteiger partial charge in [0.15, 0.2) is 11.6 Å². The highest BCUT2D eigenvalue weighted by Crippen LogP contribution is 2.33. The highest BCUT2D eigenvalue weighted by molar-refractivity contribution is 9.12. The van der Waals surface area contributed by atoms with Gasteiger partial charge in [-0.25, -0.2) is 0 Å². The molecule has 0 saturated carbocycles. The number of hydrogen-bond donors (Lipinski definition) is 1. The van der Waals surface area contributed by atoms with Gasteiger partial charge in [0.2, 0.25) is 0 Å². The van der Waals surface area contributed by atoms with E-state index in [4.69, 9.17) is 4.74 Å². The summed E-state index contributed by atoms with van der Waals surface area (Å²) in [5.74, 6) is -0.607. The normalized spacial score (nSPS) is 35.0. The maximum Gasteiger partial charge on any atom is 0.199 e. The average Bonchev–Trinajstić information content (AvgIpc) is 2.20. The van der Waals surface area contributed by atoms with Crippen molar-refractivity contribution >= 4 is 27.5 Å². The van der Waals surface area contributed by atoms with E-state index >= 15 is 0 Å². The molecule has 86 valence electrons. The summed E-state index contributed by atoms with van der Waals surface area (Å²) in [6.45, 7) is 3.38. The Kier molecular flexibility index (Phi) is 2.86. The van der Waals surface area contributed by atoms with Gasteiger partial charge in [-0.3, -0.25) is 9.59 Å². The van der Waals surface area contributed by atoms with Crippen molar-refractivity contribution in [3.63, 3.8) is 0 Å². The standard InChI is InChI=1S/C11H11BrO4/c1-4-8-9(10(14)5(2)16-4)7(13)3-6(12)11(8)15/h3-5,10,14H,1-2H3/t4-,5-,10+/m1/s1. The van der Waals surface area contributed by atoms with E-state index in [2.05, 4.69) is 15.9 Å². The molecular weight excluding hydrogens is 276 g/mol. The van der Waals surface area contributed by atoms with Crippen LogP contribution in [0.3, 0.4) is 0 Å². The van der Waals surface area contributed by atoms with E-state index in [1.165, 1.54) is 6.08 Å². The minimum atomic E-state index is -1.03. The lowest BCUT2D eigenvalue weighted by atomic mass is 9.84. The summed E-state index contributed by atoms with van der Waals surface area (Å²) in [6, 6.07) is 0. The summed E-state index contributed by atoms with van der Waals surface area (Å²) in [6.07, 6.45) is -0.767. The van der Waals surface area contributed by atoms with Crippen LogP contribution in [0.15, 0.2) is 21.7 Å². The number of carbonyl (C=O) groups is 2. The first-order valence-corrected chi connectivity index (χ1v) is 5.76. The fourth-order valence-electron chi connectivity index (χ4n) is 2.05. The SMILES string of the molecule is C[C@H]1O[C@H](C)[C@H](O)C2=C1C(=O)C(Br)=CC2=O. The molecule has 2 rings (SSSR count). The van der Waals surface area contributed by atoms with Crippen LogP contribution in [0, 0.1) is 0 Å². The molecule has 0 spiro atoms. The Morgan fingerprint density at radius 1 is 1.31 bits per heavy atom. The van der Waals surface area contributed by atoms with Crippen molar-refractivity contribution in [1.29, 1.82) is 0 Å². The molecule has 16 heavy (non-hydrogen) atoms. The minimum Gasteiger partial charge on any atom is -0.386 e. The first-order valence-electron chi connectivity index (χ1n) is 4.97. The molecular formula is C11H11BrO4. The fraction of sp³-hybridized carbons (Fsp3) is 0.455. The molecule has 0 amide bonds. The van der Waals surface area contributed by atoms with Crippen molar-refractivity contribution < 1.29 is 19.4 Å². The van der Waals surface area contributed by atoms with E-state index in [0.29, 0.717) is 0 Å². The van der Waals surface area contributed by atoms with Crippen LogP contribution in [0.4, 0.5) is 0 Å². The number of rotatable bonds is 0. The van der Waals surface area contributed by atoms with Crippen LogP contribution in [0.25, 0.3) is 0 Å². The lowest BCUT2D eigenvalue weighted by molar-refractivity contribution is -0.122. The molecule has 0 aromatic rings. The lowest BCUT2D eigenvalue weighted by Crippen LogP contribution is -2.44. The number of halogens is 1. The number of ether oxygens (including phenoxy) is 1. The monoisotopic (exact) mass is 286 g/mol. The average molecular weight is 287 g/mol. The van der Waals surface area contributed by atoms with E-state index in [1.54, 1.807) is 13.8 Å². The van der Waals surface area contributed by atoms with Crippen LogP contribution in [0.2, 0.25) is 0 Å². The lowest BCUT2D eigenvalue weighted by Gasteiger charge is -2.34. The number of ketones is 2. The molecule has 5 heteroatoms. The molecule has 2 aliphatic rings. The zero-order valence-electron chi connectivity index (χ0n) is 8.86. The maximum absolute atomic E-state index is 11.9. The second-order valence-corrected chi connectivity index (χ2v) is 4.80. The van der Waals surface area contributed by atoms with Crippen molar-refractivity contribution in [3.05, 3.63) is 21.7 Å². The molecule has 0 bridgehead atoms. The molecule has 1 N–H and O–H groups in total. The number of aliphatic hydroxyl groups is 1. The maximum atomic E-state index is 11.9. The number of carbonyl (C=O) groups excluding carboxylic acids is 2. The minimum absolute atomic E-state index is 0.180. The Morgan fingerprint density at radius 2 is 1.94 bits per heavy atom. The molecule has 0 unspecified atom stereocenters. The van der Waals surface area contributed by atoms with E-state index < -0.39 is 18.3 Å². The van der Waals surface area contributed by atoms with E-state index in [-0.39, 0.29) is 27.2 Å². The molecule has 0 radical (unpaired) electrons. The smallest absolute Gasteiger partial charge is 0.199 e. The predicted molar refractivity (Wildman–Crippen MR) is 60.1 cm³/mol. The number of aliphatic hydroxyl groups excluding tert-OH is 1. The molecule has 4 nitrogen and oxygen atoms in total. The Labute approximate surface area is 101 Å². The molecule has 1 aliphatic carbocycles. The van der Waals surface area contributed by atoms with Crippen molar-refractivity contribution in [3.8, 4) is 0 Å². The van der Waals surface area contributed by atoms with Crippen molar-refractivity contribution in [2.45, 2.75) is 32.2 Å². The third kappa shape index (κ3) is 1.59. The summed E-state index contributed by atoms with van der Waals surface area (Å²) >= 11 is 3.04. The number of hydrogen-bond acceptors (Lipinski definition) is 4. The van der Waals surface area contributed by atoms with Gasteiger partial charge in [0.25, 0.3) is 0 Å². The van der Waals surface area contributed by atoms with Crippen LogP contribution < -0.4 is 0 Å². The van der Waals surface area contributed by atoms with Crippen molar-refractivity contribution in [2.75, 3.05) is 0 Å².